The molecule has 3 rings (SSSR count). The third-order valence-electron chi connectivity index (χ3n) is 5.26. The van der Waals surface area contributed by atoms with Gasteiger partial charge in [-0.3, -0.25) is 9.89 Å². The minimum Gasteiger partial charge on any atom is -0.379 e. The van der Waals surface area contributed by atoms with Gasteiger partial charge in [-0.2, -0.15) is 0 Å². The van der Waals surface area contributed by atoms with Crippen LogP contribution in [0.15, 0.2) is 29.3 Å². The Balaban J connectivity index is 0.00000225. The maximum Gasteiger partial charge on any atom is 0.191 e. The number of nitrogens with one attached hydrogen (secondary N) is 2. The molecule has 140 valence electrons. The lowest BCUT2D eigenvalue weighted by atomic mass is 9.78. The van der Waals surface area contributed by atoms with Crippen molar-refractivity contribution in [3.63, 3.8) is 0 Å². The number of fused-ring (bicyclic) bond motifs is 1. The van der Waals surface area contributed by atoms with E-state index < -0.39 is 0 Å². The summed E-state index contributed by atoms with van der Waals surface area (Å²) in [5.41, 5.74) is 3.06. The highest BCUT2D eigenvalue weighted by atomic mass is 127. The van der Waals surface area contributed by atoms with E-state index in [4.69, 9.17) is 4.74 Å². The van der Waals surface area contributed by atoms with Crippen molar-refractivity contribution in [2.45, 2.75) is 31.7 Å². The molecule has 0 radical (unpaired) electrons. The van der Waals surface area contributed by atoms with Crippen molar-refractivity contribution in [1.82, 2.24) is 15.5 Å². The van der Waals surface area contributed by atoms with Crippen LogP contribution in [0.4, 0.5) is 0 Å². The third kappa shape index (κ3) is 5.08. The van der Waals surface area contributed by atoms with Crippen molar-refractivity contribution >= 4 is 29.9 Å². The van der Waals surface area contributed by atoms with Gasteiger partial charge in [-0.1, -0.05) is 24.3 Å². The van der Waals surface area contributed by atoms with Gasteiger partial charge in [-0.15, -0.1) is 24.0 Å². The summed E-state index contributed by atoms with van der Waals surface area (Å²) in [4.78, 5) is 6.86. The molecule has 1 atom stereocenters. The third-order valence-corrected chi connectivity index (χ3v) is 5.26. The minimum atomic E-state index is 0. The molecular weight excluding hydrogens is 427 g/mol. The van der Waals surface area contributed by atoms with Crippen molar-refractivity contribution in [2.24, 2.45) is 4.99 Å². The van der Waals surface area contributed by atoms with Crippen LogP contribution in [-0.4, -0.2) is 62.8 Å². The fraction of sp³-hybridized carbons (Fsp3) is 0.632. The van der Waals surface area contributed by atoms with E-state index in [1.807, 2.05) is 7.05 Å². The van der Waals surface area contributed by atoms with Crippen LogP contribution in [0.3, 0.4) is 0 Å². The van der Waals surface area contributed by atoms with Gasteiger partial charge in [-0.05, 0) is 31.4 Å². The Labute approximate surface area is 168 Å². The lowest BCUT2D eigenvalue weighted by Gasteiger charge is -2.41. The maximum atomic E-state index is 5.46. The van der Waals surface area contributed by atoms with E-state index in [0.29, 0.717) is 5.92 Å². The van der Waals surface area contributed by atoms with E-state index in [2.05, 4.69) is 58.6 Å². The zero-order valence-electron chi connectivity index (χ0n) is 15.5. The second-order valence-electron chi connectivity index (χ2n) is 7.32. The monoisotopic (exact) mass is 458 g/mol. The summed E-state index contributed by atoms with van der Waals surface area (Å²) in [5.74, 6) is 1.49. The molecule has 1 aliphatic heterocycles. The first-order valence-corrected chi connectivity index (χ1v) is 8.95. The number of nitrogens with zero attached hydrogens (tertiary/aromatic N) is 2. The van der Waals surface area contributed by atoms with Gasteiger partial charge in [0.1, 0.15) is 0 Å². The molecule has 0 aromatic heterocycles. The summed E-state index contributed by atoms with van der Waals surface area (Å²) in [6.07, 6.45) is 1.17. The number of guanidine groups is 1. The predicted octanol–water partition coefficient (Wildman–Crippen LogP) is 2.22. The van der Waals surface area contributed by atoms with E-state index in [1.54, 1.807) is 0 Å². The van der Waals surface area contributed by atoms with Gasteiger partial charge < -0.3 is 15.4 Å². The van der Waals surface area contributed by atoms with E-state index in [-0.39, 0.29) is 29.5 Å². The molecule has 1 aliphatic carbocycles. The summed E-state index contributed by atoms with van der Waals surface area (Å²) < 4.78 is 5.46. The summed E-state index contributed by atoms with van der Waals surface area (Å²) in [5, 5.41) is 6.97. The first-order chi connectivity index (χ1) is 11.6. The molecule has 0 amide bonds. The van der Waals surface area contributed by atoms with Crippen LogP contribution in [0.5, 0.6) is 0 Å². The molecule has 0 saturated carbocycles. The second-order valence-corrected chi connectivity index (χ2v) is 7.32. The van der Waals surface area contributed by atoms with Gasteiger partial charge in [0.05, 0.1) is 13.2 Å². The Morgan fingerprint density at radius 1 is 1.24 bits per heavy atom. The summed E-state index contributed by atoms with van der Waals surface area (Å²) in [6.45, 7) is 10.0. The molecule has 0 bridgehead atoms. The zero-order chi connectivity index (χ0) is 17.0. The molecule has 6 heteroatoms. The SMILES string of the molecule is CN=C(NCC1Cc2ccccc21)NCC(C)(C)N1CCOCC1.I. The molecule has 1 unspecified atom stereocenters. The number of halogens is 1. The highest BCUT2D eigenvalue weighted by Crippen LogP contribution is 2.33. The van der Waals surface area contributed by atoms with E-state index >= 15 is 0 Å². The Morgan fingerprint density at radius 3 is 2.64 bits per heavy atom. The van der Waals surface area contributed by atoms with Crippen LogP contribution in [0.2, 0.25) is 0 Å². The number of morpholine rings is 1. The van der Waals surface area contributed by atoms with Crippen molar-refractivity contribution in [3.8, 4) is 0 Å². The van der Waals surface area contributed by atoms with Gasteiger partial charge in [-0.25, -0.2) is 0 Å². The fourth-order valence-corrected chi connectivity index (χ4v) is 3.57. The first kappa shape index (κ1) is 20.5. The van der Waals surface area contributed by atoms with E-state index in [0.717, 1.165) is 45.4 Å². The zero-order valence-corrected chi connectivity index (χ0v) is 17.9. The molecule has 1 fully saturated rings. The van der Waals surface area contributed by atoms with Gasteiger partial charge in [0, 0.05) is 44.7 Å². The van der Waals surface area contributed by atoms with E-state index in [1.165, 1.54) is 17.5 Å². The van der Waals surface area contributed by atoms with Crippen LogP contribution in [0, 0.1) is 0 Å². The van der Waals surface area contributed by atoms with Gasteiger partial charge in [0.25, 0.3) is 0 Å². The van der Waals surface area contributed by atoms with Crippen molar-refractivity contribution in [1.29, 1.82) is 0 Å². The average Bonchev–Trinajstić information content (AvgIpc) is 2.59. The number of aliphatic imine (C=N–C) groups is 1. The molecule has 25 heavy (non-hydrogen) atoms. The maximum absolute atomic E-state index is 5.46. The normalized spacial score (nSPS) is 20.9. The standard InChI is InChI=1S/C19H30N4O.HI/c1-19(2,23-8-10-24-11-9-23)14-22-18(20-3)21-13-16-12-15-6-4-5-7-17(15)16;/h4-7,16H,8-14H2,1-3H3,(H2,20,21,22);1H. The minimum absolute atomic E-state index is 0. The Bertz CT molecular complexity index is 585. The molecular formula is C19H31IN4O. The first-order valence-electron chi connectivity index (χ1n) is 8.95. The summed E-state index contributed by atoms with van der Waals surface area (Å²) in [7, 11) is 1.84. The lowest BCUT2D eigenvalue weighted by molar-refractivity contribution is -0.00834. The number of benzene rings is 1. The largest absolute Gasteiger partial charge is 0.379 e. The number of hydrogen-bond donors (Lipinski definition) is 2. The summed E-state index contributed by atoms with van der Waals surface area (Å²) in [6, 6.07) is 8.71. The van der Waals surface area contributed by atoms with Gasteiger partial charge >= 0.3 is 0 Å². The smallest absolute Gasteiger partial charge is 0.191 e. The number of ether oxygens (including phenoxy) is 1. The number of hydrogen-bond acceptors (Lipinski definition) is 3. The molecule has 5 nitrogen and oxygen atoms in total. The quantitative estimate of drug-likeness (QED) is 0.404. The predicted molar refractivity (Wildman–Crippen MR) is 114 cm³/mol. The van der Waals surface area contributed by atoms with Crippen molar-refractivity contribution in [3.05, 3.63) is 35.4 Å². The highest BCUT2D eigenvalue weighted by Gasteiger charge is 2.29. The van der Waals surface area contributed by atoms with Gasteiger partial charge in [0.15, 0.2) is 5.96 Å². The Kier molecular flexibility index (Phi) is 7.51. The Hall–Kier alpha value is -0.860. The second kappa shape index (κ2) is 9.19. The lowest BCUT2D eigenvalue weighted by Crippen LogP contribution is -2.56. The topological polar surface area (TPSA) is 48.9 Å². The molecule has 2 N–H and O–H groups in total. The molecule has 1 heterocycles. The van der Waals surface area contributed by atoms with Crippen LogP contribution in [0.25, 0.3) is 0 Å². The molecule has 1 aromatic carbocycles. The summed E-state index contributed by atoms with van der Waals surface area (Å²) >= 11 is 0. The van der Waals surface area contributed by atoms with Gasteiger partial charge in [0.2, 0.25) is 0 Å². The number of rotatable bonds is 5. The van der Waals surface area contributed by atoms with Crippen molar-refractivity contribution < 1.29 is 4.74 Å². The molecule has 0 spiro atoms. The van der Waals surface area contributed by atoms with Crippen molar-refractivity contribution in [2.75, 3.05) is 46.4 Å². The molecule has 1 saturated heterocycles. The van der Waals surface area contributed by atoms with Crippen LogP contribution in [-0.2, 0) is 11.2 Å². The molecule has 2 aliphatic rings. The Morgan fingerprint density at radius 2 is 1.96 bits per heavy atom. The fourth-order valence-electron chi connectivity index (χ4n) is 3.57. The molecule has 1 aromatic rings. The highest BCUT2D eigenvalue weighted by molar-refractivity contribution is 14.0. The van der Waals surface area contributed by atoms with E-state index in [9.17, 15) is 0 Å². The van der Waals surface area contributed by atoms with Crippen LogP contribution in [0.1, 0.15) is 30.9 Å². The average molecular weight is 458 g/mol. The van der Waals surface area contributed by atoms with Crippen LogP contribution < -0.4 is 10.6 Å². The van der Waals surface area contributed by atoms with Crippen LogP contribution >= 0.6 is 24.0 Å².